The topological polar surface area (TPSA) is 61.4 Å². The maximum atomic E-state index is 12.7. The van der Waals surface area contributed by atoms with Gasteiger partial charge >= 0.3 is 0 Å². The number of rotatable bonds is 6. The van der Waals surface area contributed by atoms with Gasteiger partial charge in [0.25, 0.3) is 5.91 Å². The molecule has 2 amide bonds. The van der Waals surface area contributed by atoms with Gasteiger partial charge in [0, 0.05) is 29.8 Å². The Balaban J connectivity index is 1.63. The van der Waals surface area contributed by atoms with Gasteiger partial charge in [0.05, 0.1) is 0 Å². The molecule has 2 aromatic carbocycles. The molecule has 1 saturated heterocycles. The van der Waals surface area contributed by atoms with E-state index in [4.69, 9.17) is 0 Å². The van der Waals surface area contributed by atoms with Crippen molar-refractivity contribution in [3.8, 4) is 0 Å². The minimum Gasteiger partial charge on any atom is -0.348 e. The summed E-state index contributed by atoms with van der Waals surface area (Å²) >= 11 is 0. The van der Waals surface area contributed by atoms with E-state index < -0.39 is 5.41 Å². The molecular weight excluding hydrogens is 362 g/mol. The Morgan fingerprint density at radius 1 is 0.966 bits per heavy atom. The Hall–Kier alpha value is -2.66. The van der Waals surface area contributed by atoms with E-state index in [-0.39, 0.29) is 11.8 Å². The molecule has 0 aromatic heterocycles. The Morgan fingerprint density at radius 2 is 1.66 bits per heavy atom. The van der Waals surface area contributed by atoms with E-state index in [1.165, 1.54) is 18.4 Å². The van der Waals surface area contributed by atoms with Crippen molar-refractivity contribution in [2.24, 2.45) is 5.41 Å². The first-order chi connectivity index (χ1) is 13.8. The Bertz CT molecular complexity index is 864. The molecule has 1 aliphatic rings. The molecule has 2 aromatic rings. The molecule has 3 rings (SSSR count). The molecule has 0 spiro atoms. The maximum Gasteiger partial charge on any atom is 0.251 e. The third kappa shape index (κ3) is 5.91. The van der Waals surface area contributed by atoms with Crippen molar-refractivity contribution in [3.63, 3.8) is 0 Å². The largest absolute Gasteiger partial charge is 0.348 e. The van der Waals surface area contributed by atoms with Crippen LogP contribution in [0.1, 0.15) is 55.1 Å². The zero-order chi connectivity index (χ0) is 20.9. The van der Waals surface area contributed by atoms with Crippen LogP contribution in [0.5, 0.6) is 0 Å². The van der Waals surface area contributed by atoms with Crippen molar-refractivity contribution in [1.82, 2.24) is 10.2 Å². The average Bonchev–Trinajstić information content (AvgIpc) is 3.19. The van der Waals surface area contributed by atoms with Crippen LogP contribution in [-0.4, -0.2) is 29.8 Å². The van der Waals surface area contributed by atoms with E-state index in [0.29, 0.717) is 17.8 Å². The molecule has 0 unspecified atom stereocenters. The number of amides is 2. The first-order valence-electron chi connectivity index (χ1n) is 10.3. The zero-order valence-corrected chi connectivity index (χ0v) is 17.6. The Morgan fingerprint density at radius 3 is 2.34 bits per heavy atom. The number of carbonyl (C=O) groups is 2. The van der Waals surface area contributed by atoms with Crippen molar-refractivity contribution in [2.45, 2.75) is 46.7 Å². The lowest BCUT2D eigenvalue weighted by molar-refractivity contribution is -0.123. The highest BCUT2D eigenvalue weighted by molar-refractivity contribution is 5.98. The van der Waals surface area contributed by atoms with Crippen molar-refractivity contribution in [3.05, 3.63) is 65.2 Å². The molecule has 0 bridgehead atoms. The summed E-state index contributed by atoms with van der Waals surface area (Å²) in [5, 5.41) is 5.90. The second-order valence-electron chi connectivity index (χ2n) is 8.72. The molecule has 0 saturated carbocycles. The SMILES string of the molecule is CC(C)(C)C(=O)Nc1cccc(C(=O)NCc2ccccc2CN2CCCC2)c1. The van der Waals surface area contributed by atoms with Crippen LogP contribution in [0.4, 0.5) is 5.69 Å². The van der Waals surface area contributed by atoms with Crippen LogP contribution in [0.15, 0.2) is 48.5 Å². The van der Waals surface area contributed by atoms with Gasteiger partial charge in [0.1, 0.15) is 0 Å². The summed E-state index contributed by atoms with van der Waals surface area (Å²) in [6, 6.07) is 15.3. The van der Waals surface area contributed by atoms with Gasteiger partial charge in [-0.25, -0.2) is 0 Å². The van der Waals surface area contributed by atoms with Crippen LogP contribution in [0, 0.1) is 5.41 Å². The standard InChI is InChI=1S/C24H31N3O2/c1-24(2,3)23(29)26-21-12-8-11-18(15-21)22(28)25-16-19-9-4-5-10-20(19)17-27-13-6-7-14-27/h4-5,8-12,15H,6-7,13-14,16-17H2,1-3H3,(H,25,28)(H,26,29). The molecule has 5 heteroatoms. The lowest BCUT2D eigenvalue weighted by Crippen LogP contribution is -2.28. The van der Waals surface area contributed by atoms with Gasteiger partial charge in [-0.2, -0.15) is 0 Å². The highest BCUT2D eigenvalue weighted by atomic mass is 16.2. The van der Waals surface area contributed by atoms with Gasteiger partial charge < -0.3 is 10.6 Å². The van der Waals surface area contributed by atoms with E-state index in [2.05, 4.69) is 33.7 Å². The minimum atomic E-state index is -0.489. The van der Waals surface area contributed by atoms with E-state index >= 15 is 0 Å². The first kappa shape index (κ1) is 21.1. The van der Waals surface area contributed by atoms with Crippen molar-refractivity contribution in [1.29, 1.82) is 0 Å². The third-order valence-electron chi connectivity index (χ3n) is 5.21. The van der Waals surface area contributed by atoms with Crippen LogP contribution >= 0.6 is 0 Å². The predicted octanol–water partition coefficient (Wildman–Crippen LogP) is 4.20. The monoisotopic (exact) mass is 393 g/mol. The summed E-state index contributed by atoms with van der Waals surface area (Å²) in [6.07, 6.45) is 2.53. The quantitative estimate of drug-likeness (QED) is 0.773. The highest BCUT2D eigenvalue weighted by Gasteiger charge is 2.21. The molecule has 1 fully saturated rings. The molecule has 0 radical (unpaired) electrons. The summed E-state index contributed by atoms with van der Waals surface area (Å²) in [5.74, 6) is -0.223. The third-order valence-corrected chi connectivity index (χ3v) is 5.21. The number of anilines is 1. The van der Waals surface area contributed by atoms with Crippen LogP contribution in [0.3, 0.4) is 0 Å². The molecule has 0 aliphatic carbocycles. The van der Waals surface area contributed by atoms with Gasteiger partial charge in [0.2, 0.25) is 5.91 Å². The van der Waals surface area contributed by atoms with Gasteiger partial charge in [-0.15, -0.1) is 0 Å². The van der Waals surface area contributed by atoms with Crippen LogP contribution in [-0.2, 0) is 17.9 Å². The molecule has 1 heterocycles. The number of benzene rings is 2. The summed E-state index contributed by atoms with van der Waals surface area (Å²) in [5.41, 5.74) is 3.09. The first-order valence-corrected chi connectivity index (χ1v) is 10.3. The summed E-state index contributed by atoms with van der Waals surface area (Å²) in [6.45, 7) is 9.29. The van der Waals surface area contributed by atoms with E-state index in [0.717, 1.165) is 25.2 Å². The number of hydrogen-bond acceptors (Lipinski definition) is 3. The number of hydrogen-bond donors (Lipinski definition) is 2. The minimum absolute atomic E-state index is 0.0779. The number of likely N-dealkylation sites (tertiary alicyclic amines) is 1. The number of nitrogens with zero attached hydrogens (tertiary/aromatic N) is 1. The smallest absolute Gasteiger partial charge is 0.251 e. The van der Waals surface area contributed by atoms with E-state index in [9.17, 15) is 9.59 Å². The number of carbonyl (C=O) groups excluding carboxylic acids is 2. The summed E-state index contributed by atoms with van der Waals surface area (Å²) in [4.78, 5) is 27.3. The summed E-state index contributed by atoms with van der Waals surface area (Å²) < 4.78 is 0. The molecule has 29 heavy (non-hydrogen) atoms. The zero-order valence-electron chi connectivity index (χ0n) is 17.6. The van der Waals surface area contributed by atoms with Gasteiger partial charge in [0.15, 0.2) is 0 Å². The second kappa shape index (κ2) is 9.23. The van der Waals surface area contributed by atoms with Crippen LogP contribution < -0.4 is 10.6 Å². The lowest BCUT2D eigenvalue weighted by Gasteiger charge is -2.18. The fourth-order valence-corrected chi connectivity index (χ4v) is 3.40. The molecule has 1 aliphatic heterocycles. The molecular formula is C24H31N3O2. The fraction of sp³-hybridized carbons (Fsp3) is 0.417. The predicted molar refractivity (Wildman–Crippen MR) is 117 cm³/mol. The molecule has 2 N–H and O–H groups in total. The molecule has 0 atom stereocenters. The lowest BCUT2D eigenvalue weighted by atomic mass is 9.95. The molecule has 154 valence electrons. The van der Waals surface area contributed by atoms with Crippen molar-refractivity contribution in [2.75, 3.05) is 18.4 Å². The molecule has 5 nitrogen and oxygen atoms in total. The van der Waals surface area contributed by atoms with Crippen molar-refractivity contribution < 1.29 is 9.59 Å². The maximum absolute atomic E-state index is 12.7. The van der Waals surface area contributed by atoms with Gasteiger partial charge in [-0.1, -0.05) is 51.1 Å². The summed E-state index contributed by atoms with van der Waals surface area (Å²) in [7, 11) is 0. The van der Waals surface area contributed by atoms with E-state index in [1.807, 2.05) is 26.8 Å². The van der Waals surface area contributed by atoms with Crippen LogP contribution in [0.2, 0.25) is 0 Å². The Labute approximate surface area is 173 Å². The van der Waals surface area contributed by atoms with Crippen LogP contribution in [0.25, 0.3) is 0 Å². The number of nitrogens with one attached hydrogen (secondary N) is 2. The normalized spacial score (nSPS) is 14.6. The average molecular weight is 394 g/mol. The second-order valence-corrected chi connectivity index (χ2v) is 8.72. The highest BCUT2D eigenvalue weighted by Crippen LogP contribution is 2.19. The Kier molecular flexibility index (Phi) is 6.70. The van der Waals surface area contributed by atoms with Gasteiger partial charge in [-0.05, 0) is 55.3 Å². The fourth-order valence-electron chi connectivity index (χ4n) is 3.40. The van der Waals surface area contributed by atoms with Gasteiger partial charge in [-0.3, -0.25) is 14.5 Å². The van der Waals surface area contributed by atoms with Crippen molar-refractivity contribution >= 4 is 17.5 Å². The van der Waals surface area contributed by atoms with E-state index in [1.54, 1.807) is 24.3 Å².